The minimum absolute atomic E-state index is 0.0297. The van der Waals surface area contributed by atoms with Crippen molar-refractivity contribution in [3.8, 4) is 5.75 Å². The first kappa shape index (κ1) is 21.9. The Balaban J connectivity index is 1.82. The number of rotatable bonds is 8. The van der Waals surface area contributed by atoms with Crippen LogP contribution in [-0.2, 0) is 10.0 Å². The topological polar surface area (TPSA) is 99.2 Å². The second kappa shape index (κ2) is 9.36. The van der Waals surface area contributed by atoms with Gasteiger partial charge in [0.1, 0.15) is 5.75 Å². The van der Waals surface area contributed by atoms with Crippen molar-refractivity contribution in [2.24, 2.45) is 0 Å². The van der Waals surface area contributed by atoms with E-state index in [1.807, 2.05) is 6.92 Å². The highest BCUT2D eigenvalue weighted by molar-refractivity contribution is 7.92. The van der Waals surface area contributed by atoms with Crippen molar-refractivity contribution in [1.29, 1.82) is 0 Å². The molecule has 162 valence electrons. The number of carboxylic acid groups (broad SMARTS) is 1. The SMILES string of the molecule is CCOc1ccc(S(=O)(=O)Nc2ccc(N3CCN(CC)CC3)cc2C(=O)O)cc1. The zero-order chi connectivity index (χ0) is 21.7. The molecule has 2 aromatic rings. The Morgan fingerprint density at radius 1 is 1.07 bits per heavy atom. The molecule has 1 aliphatic heterocycles. The van der Waals surface area contributed by atoms with Crippen LogP contribution in [0.5, 0.6) is 5.75 Å². The molecule has 9 heteroatoms. The van der Waals surface area contributed by atoms with E-state index < -0.39 is 16.0 Å². The normalized spacial score (nSPS) is 15.1. The lowest BCUT2D eigenvalue weighted by atomic mass is 10.1. The van der Waals surface area contributed by atoms with Gasteiger partial charge in [0.25, 0.3) is 10.0 Å². The third-order valence-electron chi connectivity index (χ3n) is 5.11. The molecule has 0 unspecified atom stereocenters. The Bertz CT molecular complexity index is 984. The lowest BCUT2D eigenvalue weighted by Gasteiger charge is -2.35. The number of benzene rings is 2. The number of nitrogens with zero attached hydrogens (tertiary/aromatic N) is 2. The van der Waals surface area contributed by atoms with Crippen LogP contribution in [0.4, 0.5) is 11.4 Å². The van der Waals surface area contributed by atoms with Crippen LogP contribution in [0.3, 0.4) is 0 Å². The number of hydrogen-bond donors (Lipinski definition) is 2. The molecule has 2 N–H and O–H groups in total. The van der Waals surface area contributed by atoms with Gasteiger partial charge in [-0.05, 0) is 55.9 Å². The van der Waals surface area contributed by atoms with Crippen LogP contribution in [-0.4, -0.2) is 63.7 Å². The Kier molecular flexibility index (Phi) is 6.84. The Labute approximate surface area is 177 Å². The van der Waals surface area contributed by atoms with Crippen LogP contribution >= 0.6 is 0 Å². The molecule has 0 atom stereocenters. The van der Waals surface area contributed by atoms with Gasteiger partial charge >= 0.3 is 5.97 Å². The molecule has 1 saturated heterocycles. The van der Waals surface area contributed by atoms with Gasteiger partial charge in [-0.25, -0.2) is 13.2 Å². The van der Waals surface area contributed by atoms with Gasteiger partial charge in [-0.2, -0.15) is 0 Å². The van der Waals surface area contributed by atoms with Crippen LogP contribution in [0.1, 0.15) is 24.2 Å². The van der Waals surface area contributed by atoms with Crippen molar-refractivity contribution in [2.45, 2.75) is 18.7 Å². The quantitative estimate of drug-likeness (QED) is 0.660. The van der Waals surface area contributed by atoms with Gasteiger partial charge in [0.2, 0.25) is 0 Å². The van der Waals surface area contributed by atoms with Crippen molar-refractivity contribution >= 4 is 27.4 Å². The number of aromatic carboxylic acids is 1. The van der Waals surface area contributed by atoms with E-state index in [1.54, 1.807) is 18.2 Å². The number of hydrogen-bond acceptors (Lipinski definition) is 6. The zero-order valence-electron chi connectivity index (χ0n) is 17.2. The molecule has 2 aromatic carbocycles. The Hall–Kier alpha value is -2.78. The van der Waals surface area contributed by atoms with Gasteiger partial charge < -0.3 is 19.6 Å². The molecule has 0 amide bonds. The predicted octanol–water partition coefficient (Wildman–Crippen LogP) is 2.73. The molecule has 0 spiro atoms. The van der Waals surface area contributed by atoms with E-state index in [1.165, 1.54) is 24.3 Å². The van der Waals surface area contributed by atoms with Crippen molar-refractivity contribution in [3.63, 3.8) is 0 Å². The monoisotopic (exact) mass is 433 g/mol. The highest BCUT2D eigenvalue weighted by Gasteiger charge is 2.22. The van der Waals surface area contributed by atoms with Crippen LogP contribution < -0.4 is 14.4 Å². The Morgan fingerprint density at radius 2 is 1.73 bits per heavy atom. The third kappa shape index (κ3) is 5.03. The summed E-state index contributed by atoms with van der Waals surface area (Å²) in [7, 11) is -3.94. The molecule has 3 rings (SSSR count). The van der Waals surface area contributed by atoms with Crippen LogP contribution in [0.2, 0.25) is 0 Å². The molecular formula is C21H27N3O5S. The average Bonchev–Trinajstić information content (AvgIpc) is 2.74. The van der Waals surface area contributed by atoms with Crippen LogP contribution in [0, 0.1) is 0 Å². The highest BCUT2D eigenvalue weighted by Crippen LogP contribution is 2.27. The van der Waals surface area contributed by atoms with E-state index in [9.17, 15) is 18.3 Å². The first-order valence-electron chi connectivity index (χ1n) is 9.94. The Morgan fingerprint density at radius 3 is 2.30 bits per heavy atom. The minimum Gasteiger partial charge on any atom is -0.494 e. The molecule has 0 aliphatic carbocycles. The number of carboxylic acids is 1. The summed E-state index contributed by atoms with van der Waals surface area (Å²) in [5.41, 5.74) is 0.722. The predicted molar refractivity (Wildman–Crippen MR) is 116 cm³/mol. The minimum atomic E-state index is -3.94. The molecule has 30 heavy (non-hydrogen) atoms. The van der Waals surface area contributed by atoms with Crippen LogP contribution in [0.15, 0.2) is 47.4 Å². The number of anilines is 2. The summed E-state index contributed by atoms with van der Waals surface area (Å²) in [4.78, 5) is 16.3. The number of sulfonamides is 1. The average molecular weight is 434 g/mol. The lowest BCUT2D eigenvalue weighted by molar-refractivity contribution is 0.0698. The molecule has 0 bridgehead atoms. The fraction of sp³-hybridized carbons (Fsp3) is 0.381. The summed E-state index contributed by atoms with van der Waals surface area (Å²) in [5.74, 6) is -0.622. The fourth-order valence-corrected chi connectivity index (χ4v) is 4.48. The van der Waals surface area contributed by atoms with Gasteiger partial charge in [-0.3, -0.25) is 4.72 Å². The second-order valence-corrected chi connectivity index (χ2v) is 8.65. The number of piperazine rings is 1. The number of likely N-dealkylation sites (N-methyl/N-ethyl adjacent to an activating group) is 1. The van der Waals surface area contributed by atoms with E-state index in [4.69, 9.17) is 4.74 Å². The molecule has 8 nitrogen and oxygen atoms in total. The van der Waals surface area contributed by atoms with Crippen molar-refractivity contribution < 1.29 is 23.1 Å². The summed E-state index contributed by atoms with van der Waals surface area (Å²) in [5, 5.41) is 9.65. The smallest absolute Gasteiger partial charge is 0.337 e. The van der Waals surface area contributed by atoms with E-state index in [2.05, 4.69) is 21.4 Å². The maximum absolute atomic E-state index is 12.7. The van der Waals surface area contributed by atoms with Crippen molar-refractivity contribution in [1.82, 2.24) is 4.90 Å². The molecule has 1 fully saturated rings. The zero-order valence-corrected chi connectivity index (χ0v) is 18.0. The van der Waals surface area contributed by atoms with Gasteiger partial charge in [0.05, 0.1) is 22.8 Å². The van der Waals surface area contributed by atoms with E-state index in [0.717, 1.165) is 38.4 Å². The first-order valence-corrected chi connectivity index (χ1v) is 11.4. The van der Waals surface area contributed by atoms with Crippen molar-refractivity contribution in [2.75, 3.05) is 49.0 Å². The van der Waals surface area contributed by atoms with Gasteiger partial charge in [-0.15, -0.1) is 0 Å². The van der Waals surface area contributed by atoms with Gasteiger partial charge in [0, 0.05) is 31.9 Å². The molecule has 1 aliphatic rings. The summed E-state index contributed by atoms with van der Waals surface area (Å²) in [6, 6.07) is 10.8. The third-order valence-corrected chi connectivity index (χ3v) is 6.49. The van der Waals surface area contributed by atoms with Gasteiger partial charge in [0.15, 0.2) is 0 Å². The standard InChI is InChI=1S/C21H27N3O5S/c1-3-23-11-13-24(14-12-23)16-5-10-20(19(15-16)21(25)26)22-30(27,28)18-8-6-17(7-9-18)29-4-2/h5-10,15,22H,3-4,11-14H2,1-2H3,(H,25,26). The summed E-state index contributed by atoms with van der Waals surface area (Å²) < 4.78 is 33.2. The summed E-state index contributed by atoms with van der Waals surface area (Å²) in [6.07, 6.45) is 0. The number of carbonyl (C=O) groups is 1. The fourth-order valence-electron chi connectivity index (χ4n) is 3.40. The maximum atomic E-state index is 12.7. The molecule has 0 radical (unpaired) electrons. The van der Waals surface area contributed by atoms with E-state index in [0.29, 0.717) is 12.4 Å². The van der Waals surface area contributed by atoms with E-state index in [-0.39, 0.29) is 16.1 Å². The van der Waals surface area contributed by atoms with E-state index >= 15 is 0 Å². The molecular weight excluding hydrogens is 406 g/mol. The maximum Gasteiger partial charge on any atom is 0.337 e. The van der Waals surface area contributed by atoms with Crippen molar-refractivity contribution in [3.05, 3.63) is 48.0 Å². The molecule has 0 saturated carbocycles. The largest absolute Gasteiger partial charge is 0.494 e. The lowest BCUT2D eigenvalue weighted by Crippen LogP contribution is -2.46. The van der Waals surface area contributed by atoms with Gasteiger partial charge in [-0.1, -0.05) is 6.92 Å². The summed E-state index contributed by atoms with van der Waals surface area (Å²) >= 11 is 0. The number of ether oxygens (including phenoxy) is 1. The highest BCUT2D eigenvalue weighted by atomic mass is 32.2. The number of nitrogens with one attached hydrogen (secondary N) is 1. The molecule has 0 aromatic heterocycles. The first-order chi connectivity index (χ1) is 14.3. The molecule has 1 heterocycles. The second-order valence-electron chi connectivity index (χ2n) is 6.97. The van der Waals surface area contributed by atoms with Crippen LogP contribution in [0.25, 0.3) is 0 Å². The summed E-state index contributed by atoms with van der Waals surface area (Å²) in [6.45, 7) is 8.83.